The number of amides is 2. The number of aliphatic carboxylic acids is 1. The van der Waals surface area contributed by atoms with Crippen LogP contribution in [0.5, 0.6) is 0 Å². The molecule has 0 aliphatic carbocycles. The fourth-order valence-electron chi connectivity index (χ4n) is 2.45. The quantitative estimate of drug-likeness (QED) is 0.782. The first-order valence-corrected chi connectivity index (χ1v) is 9.13. The van der Waals surface area contributed by atoms with E-state index in [9.17, 15) is 9.59 Å². The van der Waals surface area contributed by atoms with Crippen LogP contribution in [-0.2, 0) is 4.79 Å². The summed E-state index contributed by atoms with van der Waals surface area (Å²) in [4.78, 5) is 25.6. The number of hydrogen-bond donors (Lipinski definition) is 2. The predicted octanol–water partition coefficient (Wildman–Crippen LogP) is 4.08. The van der Waals surface area contributed by atoms with Gasteiger partial charge in [0.25, 0.3) is 0 Å². The van der Waals surface area contributed by atoms with Crippen LogP contribution in [0.1, 0.15) is 48.2 Å². The van der Waals surface area contributed by atoms with Crippen LogP contribution in [0.3, 0.4) is 0 Å². The van der Waals surface area contributed by atoms with Crippen molar-refractivity contribution in [1.82, 2.24) is 10.2 Å². The van der Waals surface area contributed by atoms with E-state index in [-0.39, 0.29) is 25.0 Å². The summed E-state index contributed by atoms with van der Waals surface area (Å²) in [6.07, 6.45) is -0.0727. The standard InChI is InChI=1S/C19H24N2O3S/c1-13(2)14-6-8-15(9-7-14)18(16-5-4-12-25-16)20-19(24)21(3)11-10-17(22)23/h4-9,12-13,18H,10-11H2,1-3H3,(H,20,24)(H,22,23). The van der Waals surface area contributed by atoms with Crippen molar-refractivity contribution in [2.75, 3.05) is 13.6 Å². The highest BCUT2D eigenvalue weighted by atomic mass is 32.1. The number of nitrogens with zero attached hydrogens (tertiary/aromatic N) is 1. The molecule has 0 saturated carbocycles. The smallest absolute Gasteiger partial charge is 0.317 e. The number of hydrogen-bond acceptors (Lipinski definition) is 3. The molecule has 0 fully saturated rings. The Kier molecular flexibility index (Phi) is 6.58. The molecule has 2 rings (SSSR count). The molecule has 0 bridgehead atoms. The normalized spacial score (nSPS) is 12.0. The maximum Gasteiger partial charge on any atom is 0.317 e. The Labute approximate surface area is 152 Å². The molecular formula is C19H24N2O3S. The molecule has 6 heteroatoms. The molecule has 25 heavy (non-hydrogen) atoms. The van der Waals surface area contributed by atoms with E-state index in [1.54, 1.807) is 18.4 Å². The summed E-state index contributed by atoms with van der Waals surface area (Å²) in [5.74, 6) is -0.468. The molecule has 2 amide bonds. The van der Waals surface area contributed by atoms with Crippen molar-refractivity contribution in [3.05, 3.63) is 57.8 Å². The zero-order valence-electron chi connectivity index (χ0n) is 14.7. The minimum Gasteiger partial charge on any atom is -0.481 e. The molecule has 2 N–H and O–H groups in total. The Morgan fingerprint density at radius 3 is 2.32 bits per heavy atom. The second-order valence-electron chi connectivity index (χ2n) is 6.28. The van der Waals surface area contributed by atoms with Gasteiger partial charge in [-0.3, -0.25) is 4.79 Å². The van der Waals surface area contributed by atoms with Crippen molar-refractivity contribution in [3.63, 3.8) is 0 Å². The summed E-state index contributed by atoms with van der Waals surface area (Å²) in [6.45, 7) is 4.46. The van der Waals surface area contributed by atoms with Gasteiger partial charge in [-0.25, -0.2) is 4.79 Å². The van der Waals surface area contributed by atoms with E-state index in [1.165, 1.54) is 10.5 Å². The third-order valence-corrected chi connectivity index (χ3v) is 4.98. The Morgan fingerprint density at radius 2 is 1.80 bits per heavy atom. The average molecular weight is 360 g/mol. The monoisotopic (exact) mass is 360 g/mol. The zero-order chi connectivity index (χ0) is 18.4. The van der Waals surface area contributed by atoms with Gasteiger partial charge in [0.2, 0.25) is 0 Å². The van der Waals surface area contributed by atoms with Crippen LogP contribution in [0.4, 0.5) is 4.79 Å². The van der Waals surface area contributed by atoms with Crippen LogP contribution in [0.15, 0.2) is 41.8 Å². The molecule has 134 valence electrons. The van der Waals surface area contributed by atoms with Gasteiger partial charge in [0, 0.05) is 18.5 Å². The van der Waals surface area contributed by atoms with Crippen LogP contribution < -0.4 is 5.32 Å². The second kappa shape index (κ2) is 8.67. The van der Waals surface area contributed by atoms with E-state index >= 15 is 0 Å². The second-order valence-corrected chi connectivity index (χ2v) is 7.26. The van der Waals surface area contributed by atoms with E-state index in [0.29, 0.717) is 5.92 Å². The summed E-state index contributed by atoms with van der Waals surface area (Å²) in [6, 6.07) is 11.7. The summed E-state index contributed by atoms with van der Waals surface area (Å²) in [5.41, 5.74) is 2.26. The first kappa shape index (κ1) is 19.0. The minimum atomic E-state index is -0.918. The van der Waals surface area contributed by atoms with Crippen molar-refractivity contribution in [2.24, 2.45) is 0 Å². The Balaban J connectivity index is 2.17. The lowest BCUT2D eigenvalue weighted by molar-refractivity contribution is -0.137. The van der Waals surface area contributed by atoms with Crippen LogP contribution in [-0.4, -0.2) is 35.6 Å². The molecular weight excluding hydrogens is 336 g/mol. The fourth-order valence-corrected chi connectivity index (χ4v) is 3.25. The van der Waals surface area contributed by atoms with Gasteiger partial charge >= 0.3 is 12.0 Å². The lowest BCUT2D eigenvalue weighted by Gasteiger charge is -2.23. The summed E-state index contributed by atoms with van der Waals surface area (Å²) in [5, 5.41) is 13.8. The third kappa shape index (κ3) is 5.32. The average Bonchev–Trinajstić information content (AvgIpc) is 3.11. The van der Waals surface area contributed by atoms with Crippen LogP contribution in [0, 0.1) is 0 Å². The fraction of sp³-hybridized carbons (Fsp3) is 0.368. The van der Waals surface area contributed by atoms with Gasteiger partial charge in [0.1, 0.15) is 0 Å². The SMILES string of the molecule is CC(C)c1ccc(C(NC(=O)N(C)CCC(=O)O)c2cccs2)cc1. The molecule has 0 saturated heterocycles. The number of rotatable bonds is 7. The molecule has 0 aliphatic heterocycles. The van der Waals surface area contributed by atoms with Crippen molar-refractivity contribution in [1.29, 1.82) is 0 Å². The van der Waals surface area contributed by atoms with Gasteiger partial charge in [0.05, 0.1) is 12.5 Å². The predicted molar refractivity (Wildman–Crippen MR) is 100 cm³/mol. The summed E-state index contributed by atoms with van der Waals surface area (Å²) < 4.78 is 0. The Bertz CT molecular complexity index is 696. The first-order valence-electron chi connectivity index (χ1n) is 8.25. The van der Waals surface area contributed by atoms with Crippen molar-refractivity contribution < 1.29 is 14.7 Å². The van der Waals surface area contributed by atoms with E-state index in [1.807, 2.05) is 29.6 Å². The Morgan fingerprint density at radius 1 is 1.16 bits per heavy atom. The largest absolute Gasteiger partial charge is 0.481 e. The molecule has 5 nitrogen and oxygen atoms in total. The van der Waals surface area contributed by atoms with Crippen molar-refractivity contribution >= 4 is 23.3 Å². The molecule has 1 heterocycles. The molecule has 1 atom stereocenters. The van der Waals surface area contributed by atoms with Gasteiger partial charge < -0.3 is 15.3 Å². The minimum absolute atomic E-state index is 0.0727. The highest BCUT2D eigenvalue weighted by Crippen LogP contribution is 2.27. The topological polar surface area (TPSA) is 69.6 Å². The highest BCUT2D eigenvalue weighted by molar-refractivity contribution is 7.10. The molecule has 1 aromatic carbocycles. The maximum atomic E-state index is 12.4. The van der Waals surface area contributed by atoms with Crippen molar-refractivity contribution in [2.45, 2.75) is 32.2 Å². The van der Waals surface area contributed by atoms with Gasteiger partial charge in [-0.05, 0) is 28.5 Å². The number of carboxylic acids is 1. The third-order valence-electron chi connectivity index (χ3n) is 4.04. The molecule has 0 radical (unpaired) electrons. The lowest BCUT2D eigenvalue weighted by Crippen LogP contribution is -2.40. The molecule has 1 aromatic heterocycles. The highest BCUT2D eigenvalue weighted by Gasteiger charge is 2.20. The van der Waals surface area contributed by atoms with E-state index in [2.05, 4.69) is 31.3 Å². The number of urea groups is 1. The van der Waals surface area contributed by atoms with Crippen LogP contribution in [0.2, 0.25) is 0 Å². The molecule has 0 aliphatic rings. The van der Waals surface area contributed by atoms with E-state index < -0.39 is 5.97 Å². The van der Waals surface area contributed by atoms with E-state index in [0.717, 1.165) is 10.4 Å². The maximum absolute atomic E-state index is 12.4. The van der Waals surface area contributed by atoms with Gasteiger partial charge in [-0.1, -0.05) is 44.2 Å². The lowest BCUT2D eigenvalue weighted by atomic mass is 9.98. The number of carbonyl (C=O) groups is 2. The molecule has 2 aromatic rings. The number of nitrogens with one attached hydrogen (secondary N) is 1. The van der Waals surface area contributed by atoms with Gasteiger partial charge in [-0.15, -0.1) is 11.3 Å². The van der Waals surface area contributed by atoms with Crippen molar-refractivity contribution in [3.8, 4) is 0 Å². The number of carboxylic acid groups (broad SMARTS) is 1. The summed E-state index contributed by atoms with van der Waals surface area (Å²) in [7, 11) is 1.60. The first-order chi connectivity index (χ1) is 11.9. The van der Waals surface area contributed by atoms with Gasteiger partial charge in [0.15, 0.2) is 0 Å². The van der Waals surface area contributed by atoms with E-state index in [4.69, 9.17) is 5.11 Å². The number of benzene rings is 1. The van der Waals surface area contributed by atoms with Crippen LogP contribution in [0.25, 0.3) is 0 Å². The Hall–Kier alpha value is -2.34. The summed E-state index contributed by atoms with van der Waals surface area (Å²) >= 11 is 1.58. The van der Waals surface area contributed by atoms with Gasteiger partial charge in [-0.2, -0.15) is 0 Å². The van der Waals surface area contributed by atoms with Crippen LogP contribution >= 0.6 is 11.3 Å². The molecule has 0 spiro atoms. The number of carbonyl (C=O) groups excluding carboxylic acids is 1. The number of thiophene rings is 1. The molecule has 1 unspecified atom stereocenters. The zero-order valence-corrected chi connectivity index (χ0v) is 15.5.